The molecule has 132 valence electrons. The Bertz CT molecular complexity index is 787. The summed E-state index contributed by atoms with van der Waals surface area (Å²) >= 11 is 6.10. The molecule has 2 rings (SSSR count). The molecule has 0 saturated carbocycles. The van der Waals surface area contributed by atoms with E-state index in [1.165, 1.54) is 5.56 Å². The van der Waals surface area contributed by atoms with E-state index >= 15 is 0 Å². The number of carboxylic acid groups (broad SMARTS) is 1. The van der Waals surface area contributed by atoms with Crippen molar-refractivity contribution in [2.75, 3.05) is 0 Å². The average molecular weight is 359 g/mol. The van der Waals surface area contributed by atoms with Gasteiger partial charge in [-0.3, -0.25) is 0 Å². The van der Waals surface area contributed by atoms with Gasteiger partial charge in [0.05, 0.1) is 5.70 Å². The van der Waals surface area contributed by atoms with Crippen LogP contribution < -0.4 is 5.32 Å². The average Bonchev–Trinajstić information content (AvgIpc) is 2.54. The molecule has 0 aliphatic carbocycles. The van der Waals surface area contributed by atoms with E-state index in [9.17, 15) is 9.90 Å². The third-order valence-corrected chi connectivity index (χ3v) is 4.09. The quantitative estimate of drug-likeness (QED) is 0.780. The number of benzene rings is 1. The van der Waals surface area contributed by atoms with Crippen molar-refractivity contribution in [3.8, 4) is 0 Å². The van der Waals surface area contributed by atoms with Crippen LogP contribution in [-0.4, -0.2) is 16.0 Å². The molecule has 1 heterocycles. The lowest BCUT2D eigenvalue weighted by Crippen LogP contribution is -2.29. The van der Waals surface area contributed by atoms with Gasteiger partial charge in [0.1, 0.15) is 0 Å². The van der Waals surface area contributed by atoms with Gasteiger partial charge >= 0.3 is 5.97 Å². The first-order valence-corrected chi connectivity index (χ1v) is 8.51. The van der Waals surface area contributed by atoms with Crippen molar-refractivity contribution in [3.63, 3.8) is 0 Å². The molecule has 0 spiro atoms. The van der Waals surface area contributed by atoms with Crippen molar-refractivity contribution < 1.29 is 9.90 Å². The van der Waals surface area contributed by atoms with E-state index in [-0.39, 0.29) is 5.70 Å². The van der Waals surface area contributed by atoms with Gasteiger partial charge < -0.3 is 15.3 Å². The van der Waals surface area contributed by atoms with Crippen LogP contribution >= 0.6 is 11.6 Å². The number of halogens is 1. The van der Waals surface area contributed by atoms with Gasteiger partial charge in [-0.05, 0) is 55.7 Å². The number of carbonyl (C=O) groups is 1. The minimum atomic E-state index is -1.01. The minimum Gasteiger partial charge on any atom is -0.476 e. The van der Waals surface area contributed by atoms with Crippen molar-refractivity contribution in [3.05, 3.63) is 81.9 Å². The molecule has 2 N–H and O–H groups in total. The van der Waals surface area contributed by atoms with Gasteiger partial charge in [0, 0.05) is 23.5 Å². The Balaban J connectivity index is 2.35. The standard InChI is InChI=1S/C20H23ClN2O2/c1-5-15-7-8-17(21)10-16(15)11-22-18-9-6-14(4)23(12-13(2)3)19(18)20(24)25/h6-10,12,22H,4-5,11H2,1-3H3,(H,24,25). The second-order valence-electron chi connectivity index (χ2n) is 6.09. The normalized spacial score (nSPS) is 13.9. The van der Waals surface area contributed by atoms with E-state index in [2.05, 4.69) is 18.8 Å². The molecule has 1 aromatic rings. The maximum Gasteiger partial charge on any atom is 0.355 e. The van der Waals surface area contributed by atoms with Crippen molar-refractivity contribution in [2.24, 2.45) is 0 Å². The fourth-order valence-electron chi connectivity index (χ4n) is 2.67. The summed E-state index contributed by atoms with van der Waals surface area (Å²) in [5.41, 5.74) is 4.53. The predicted octanol–water partition coefficient (Wildman–Crippen LogP) is 4.60. The number of carboxylic acids is 1. The van der Waals surface area contributed by atoms with Gasteiger partial charge in [0.15, 0.2) is 5.70 Å². The van der Waals surface area contributed by atoms with Crippen LogP contribution in [0, 0.1) is 0 Å². The monoisotopic (exact) mass is 358 g/mol. The van der Waals surface area contributed by atoms with Crippen LogP contribution in [0.5, 0.6) is 0 Å². The Morgan fingerprint density at radius 3 is 2.64 bits per heavy atom. The summed E-state index contributed by atoms with van der Waals surface area (Å²) in [6.45, 7) is 10.3. The molecule has 1 aliphatic rings. The molecular formula is C20H23ClN2O2. The number of allylic oxidation sites excluding steroid dienone is 3. The van der Waals surface area contributed by atoms with Crippen LogP contribution in [0.3, 0.4) is 0 Å². The molecule has 0 bridgehead atoms. The van der Waals surface area contributed by atoms with Crippen LogP contribution in [0.2, 0.25) is 5.02 Å². The molecule has 0 fully saturated rings. The van der Waals surface area contributed by atoms with Gasteiger partial charge in [-0.25, -0.2) is 4.79 Å². The summed E-state index contributed by atoms with van der Waals surface area (Å²) in [5.74, 6) is -1.01. The number of nitrogens with zero attached hydrogens (tertiary/aromatic N) is 1. The first-order chi connectivity index (χ1) is 11.8. The van der Waals surface area contributed by atoms with Crippen LogP contribution in [0.25, 0.3) is 0 Å². The number of hydrogen-bond donors (Lipinski definition) is 2. The molecule has 4 nitrogen and oxygen atoms in total. The van der Waals surface area contributed by atoms with Crippen molar-refractivity contribution in [1.29, 1.82) is 0 Å². The lowest BCUT2D eigenvalue weighted by Gasteiger charge is -2.28. The van der Waals surface area contributed by atoms with Crippen molar-refractivity contribution in [1.82, 2.24) is 10.2 Å². The zero-order chi connectivity index (χ0) is 18.6. The maximum absolute atomic E-state index is 11.8. The summed E-state index contributed by atoms with van der Waals surface area (Å²) in [6, 6.07) is 5.78. The zero-order valence-corrected chi connectivity index (χ0v) is 15.5. The molecule has 0 amide bonds. The highest BCUT2D eigenvalue weighted by molar-refractivity contribution is 6.30. The van der Waals surface area contributed by atoms with Crippen LogP contribution in [0.15, 0.2) is 65.8 Å². The number of nitrogens with one attached hydrogen (secondary N) is 1. The minimum absolute atomic E-state index is 0.161. The highest BCUT2D eigenvalue weighted by Gasteiger charge is 2.24. The fourth-order valence-corrected chi connectivity index (χ4v) is 2.87. The predicted molar refractivity (Wildman–Crippen MR) is 102 cm³/mol. The lowest BCUT2D eigenvalue weighted by atomic mass is 10.0. The fraction of sp³-hybridized carbons (Fsp3) is 0.250. The first-order valence-electron chi connectivity index (χ1n) is 8.13. The molecule has 0 saturated heterocycles. The molecule has 1 aromatic carbocycles. The largest absolute Gasteiger partial charge is 0.476 e. The highest BCUT2D eigenvalue weighted by Crippen LogP contribution is 2.25. The molecule has 0 aromatic heterocycles. The topological polar surface area (TPSA) is 52.6 Å². The summed E-state index contributed by atoms with van der Waals surface area (Å²) in [6.07, 6.45) is 6.20. The van der Waals surface area contributed by atoms with E-state index in [0.29, 0.717) is 23.0 Å². The molecule has 0 atom stereocenters. The Morgan fingerprint density at radius 1 is 1.32 bits per heavy atom. The Labute approximate surface area is 153 Å². The number of aryl methyl sites for hydroxylation is 1. The van der Waals surface area contributed by atoms with Crippen LogP contribution in [0.1, 0.15) is 31.9 Å². The maximum atomic E-state index is 11.8. The van der Waals surface area contributed by atoms with E-state index < -0.39 is 5.97 Å². The lowest BCUT2D eigenvalue weighted by molar-refractivity contribution is -0.134. The van der Waals surface area contributed by atoms with Gasteiger partial charge in [0.2, 0.25) is 0 Å². The Kier molecular flexibility index (Phi) is 6.10. The number of hydrogen-bond acceptors (Lipinski definition) is 3. The molecule has 5 heteroatoms. The van der Waals surface area contributed by atoms with E-state index in [1.807, 2.05) is 32.0 Å². The Morgan fingerprint density at radius 2 is 2.04 bits per heavy atom. The smallest absolute Gasteiger partial charge is 0.355 e. The van der Waals surface area contributed by atoms with E-state index in [0.717, 1.165) is 17.6 Å². The zero-order valence-electron chi connectivity index (χ0n) is 14.8. The van der Waals surface area contributed by atoms with Gasteiger partial charge in [-0.15, -0.1) is 0 Å². The number of rotatable bonds is 6. The van der Waals surface area contributed by atoms with Crippen LogP contribution in [-0.2, 0) is 17.8 Å². The second-order valence-corrected chi connectivity index (χ2v) is 6.53. The third kappa shape index (κ3) is 4.54. The molecule has 1 aliphatic heterocycles. The van der Waals surface area contributed by atoms with Gasteiger partial charge in [0.25, 0.3) is 0 Å². The summed E-state index contributed by atoms with van der Waals surface area (Å²) in [5, 5.41) is 13.6. The highest BCUT2D eigenvalue weighted by atomic mass is 35.5. The molecule has 0 unspecified atom stereocenters. The first kappa shape index (κ1) is 18.9. The van der Waals surface area contributed by atoms with Crippen molar-refractivity contribution in [2.45, 2.75) is 33.7 Å². The third-order valence-electron chi connectivity index (χ3n) is 3.86. The SMILES string of the molecule is C=C1C=CC(NCc2cc(Cl)ccc2CC)=C(C(=O)O)N1C=C(C)C. The molecule has 0 radical (unpaired) electrons. The van der Waals surface area contributed by atoms with Gasteiger partial charge in [-0.2, -0.15) is 0 Å². The molecular weight excluding hydrogens is 336 g/mol. The second kappa shape index (κ2) is 8.08. The number of aliphatic carboxylic acids is 1. The van der Waals surface area contributed by atoms with Crippen LogP contribution in [0.4, 0.5) is 0 Å². The van der Waals surface area contributed by atoms with E-state index in [1.54, 1.807) is 23.3 Å². The Hall–Kier alpha value is -2.46. The summed E-state index contributed by atoms with van der Waals surface area (Å²) in [7, 11) is 0. The molecule has 25 heavy (non-hydrogen) atoms. The van der Waals surface area contributed by atoms with Gasteiger partial charge in [-0.1, -0.05) is 36.7 Å². The summed E-state index contributed by atoms with van der Waals surface area (Å²) in [4.78, 5) is 13.4. The van der Waals surface area contributed by atoms with E-state index in [4.69, 9.17) is 11.6 Å². The summed E-state index contributed by atoms with van der Waals surface area (Å²) < 4.78 is 0. The van der Waals surface area contributed by atoms with Crippen molar-refractivity contribution >= 4 is 17.6 Å².